The Kier molecular flexibility index (Phi) is 4.33. The molecule has 110 valence electrons. The van der Waals surface area contributed by atoms with Gasteiger partial charge in [-0.2, -0.15) is 0 Å². The van der Waals surface area contributed by atoms with E-state index >= 15 is 0 Å². The van der Waals surface area contributed by atoms with E-state index in [4.69, 9.17) is 5.73 Å². The van der Waals surface area contributed by atoms with Crippen molar-refractivity contribution in [1.29, 1.82) is 0 Å². The first-order chi connectivity index (χ1) is 9.71. The number of rotatable bonds is 7. The van der Waals surface area contributed by atoms with Crippen LogP contribution in [0.2, 0.25) is 0 Å². The van der Waals surface area contributed by atoms with E-state index in [0.717, 1.165) is 35.8 Å². The SMILES string of the molecule is NC(=O)C1(NC2CC2)CCCC1CCSc1nccs1. The summed E-state index contributed by atoms with van der Waals surface area (Å²) in [5.74, 6) is 1.25. The number of amides is 1. The molecule has 2 atom stereocenters. The Morgan fingerprint density at radius 1 is 1.55 bits per heavy atom. The smallest absolute Gasteiger partial charge is 0.238 e. The second-order valence-electron chi connectivity index (χ2n) is 5.78. The van der Waals surface area contributed by atoms with Crippen molar-refractivity contribution in [3.05, 3.63) is 11.6 Å². The van der Waals surface area contributed by atoms with Gasteiger partial charge < -0.3 is 11.1 Å². The molecule has 1 heterocycles. The van der Waals surface area contributed by atoms with Crippen LogP contribution in [-0.2, 0) is 4.79 Å². The minimum absolute atomic E-state index is 0.147. The van der Waals surface area contributed by atoms with Crippen LogP contribution in [-0.4, -0.2) is 28.2 Å². The number of carbonyl (C=O) groups is 1. The summed E-state index contributed by atoms with van der Waals surface area (Å²) in [7, 11) is 0. The van der Waals surface area contributed by atoms with Crippen LogP contribution in [0.1, 0.15) is 38.5 Å². The maximum atomic E-state index is 12.0. The van der Waals surface area contributed by atoms with Crippen molar-refractivity contribution in [1.82, 2.24) is 10.3 Å². The molecule has 2 unspecified atom stereocenters. The number of hydrogen-bond donors (Lipinski definition) is 2. The molecule has 20 heavy (non-hydrogen) atoms. The topological polar surface area (TPSA) is 68.0 Å². The molecule has 0 saturated heterocycles. The summed E-state index contributed by atoms with van der Waals surface area (Å²) < 4.78 is 1.11. The minimum atomic E-state index is -0.440. The van der Waals surface area contributed by atoms with Crippen LogP contribution in [0.25, 0.3) is 0 Å². The fourth-order valence-electron chi connectivity index (χ4n) is 3.22. The lowest BCUT2D eigenvalue weighted by molar-refractivity contribution is -0.126. The summed E-state index contributed by atoms with van der Waals surface area (Å²) in [4.78, 5) is 16.3. The largest absolute Gasteiger partial charge is 0.368 e. The second-order valence-corrected chi connectivity index (χ2v) is 8.02. The van der Waals surface area contributed by atoms with E-state index in [0.29, 0.717) is 12.0 Å². The number of carbonyl (C=O) groups excluding carboxylic acids is 1. The molecule has 1 aromatic rings. The van der Waals surface area contributed by atoms with Gasteiger partial charge in [0, 0.05) is 23.4 Å². The van der Waals surface area contributed by atoms with Crippen LogP contribution < -0.4 is 11.1 Å². The zero-order valence-corrected chi connectivity index (χ0v) is 13.1. The molecule has 0 bridgehead atoms. The molecule has 2 aliphatic carbocycles. The first-order valence-electron chi connectivity index (χ1n) is 7.30. The van der Waals surface area contributed by atoms with Crippen molar-refractivity contribution >= 4 is 29.0 Å². The van der Waals surface area contributed by atoms with Crippen molar-refractivity contribution in [2.75, 3.05) is 5.75 Å². The Balaban J connectivity index is 1.59. The molecule has 0 radical (unpaired) electrons. The second kappa shape index (κ2) is 6.03. The number of aromatic nitrogens is 1. The molecule has 0 spiro atoms. The Bertz CT molecular complexity index is 461. The van der Waals surface area contributed by atoms with E-state index in [1.54, 1.807) is 23.1 Å². The lowest BCUT2D eigenvalue weighted by atomic mass is 9.84. The standard InChI is InChI=1S/C14H21N3OS2/c15-12(18)14(17-11-3-4-11)6-1-2-10(14)5-8-19-13-16-7-9-20-13/h7,9-11,17H,1-6,8H2,(H2,15,18). The van der Waals surface area contributed by atoms with Crippen LogP contribution in [0.3, 0.4) is 0 Å². The maximum absolute atomic E-state index is 12.0. The third-order valence-corrected chi connectivity index (χ3v) is 6.40. The summed E-state index contributed by atoms with van der Waals surface area (Å²) in [5.41, 5.74) is 5.31. The summed E-state index contributed by atoms with van der Waals surface area (Å²) in [5, 5.41) is 5.56. The van der Waals surface area contributed by atoms with E-state index in [1.165, 1.54) is 12.8 Å². The molecule has 2 aliphatic rings. The number of thioether (sulfide) groups is 1. The fourth-order valence-corrected chi connectivity index (χ4v) is 4.98. The number of thiazole rings is 1. The molecule has 6 heteroatoms. The predicted molar refractivity (Wildman–Crippen MR) is 82.9 cm³/mol. The molecular formula is C14H21N3OS2. The average molecular weight is 311 g/mol. The van der Waals surface area contributed by atoms with E-state index in [9.17, 15) is 4.79 Å². The van der Waals surface area contributed by atoms with Crippen molar-refractivity contribution in [2.45, 2.75) is 54.4 Å². The average Bonchev–Trinajstić information content (AvgIpc) is 2.91. The third-order valence-electron chi connectivity index (χ3n) is 4.40. The van der Waals surface area contributed by atoms with Crippen LogP contribution in [0, 0.1) is 5.92 Å². The molecule has 4 nitrogen and oxygen atoms in total. The summed E-state index contributed by atoms with van der Waals surface area (Å²) in [6.07, 6.45) is 8.38. The van der Waals surface area contributed by atoms with Crippen molar-refractivity contribution in [2.24, 2.45) is 11.7 Å². The monoisotopic (exact) mass is 311 g/mol. The molecule has 1 aromatic heterocycles. The lowest BCUT2D eigenvalue weighted by Gasteiger charge is -2.34. The van der Waals surface area contributed by atoms with Gasteiger partial charge in [-0.05, 0) is 38.0 Å². The molecular weight excluding hydrogens is 290 g/mol. The number of nitrogens with zero attached hydrogens (tertiary/aromatic N) is 1. The Hall–Kier alpha value is -0.590. The maximum Gasteiger partial charge on any atom is 0.238 e. The summed E-state index contributed by atoms with van der Waals surface area (Å²) in [6, 6.07) is 0.523. The number of nitrogens with one attached hydrogen (secondary N) is 1. The first-order valence-corrected chi connectivity index (χ1v) is 9.17. The van der Waals surface area contributed by atoms with Gasteiger partial charge in [-0.25, -0.2) is 4.98 Å². The highest BCUT2D eigenvalue weighted by atomic mass is 32.2. The van der Waals surface area contributed by atoms with Crippen LogP contribution in [0.4, 0.5) is 0 Å². The molecule has 2 saturated carbocycles. The zero-order valence-electron chi connectivity index (χ0n) is 11.5. The molecule has 1 amide bonds. The van der Waals surface area contributed by atoms with E-state index in [-0.39, 0.29) is 5.91 Å². The third kappa shape index (κ3) is 3.02. The van der Waals surface area contributed by atoms with E-state index in [2.05, 4.69) is 10.3 Å². The minimum Gasteiger partial charge on any atom is -0.368 e. The number of nitrogens with two attached hydrogens (primary N) is 1. The Morgan fingerprint density at radius 2 is 2.40 bits per heavy atom. The van der Waals surface area contributed by atoms with Crippen molar-refractivity contribution < 1.29 is 4.79 Å². The van der Waals surface area contributed by atoms with Crippen molar-refractivity contribution in [3.8, 4) is 0 Å². The van der Waals surface area contributed by atoms with Gasteiger partial charge in [-0.1, -0.05) is 18.2 Å². The summed E-state index contributed by atoms with van der Waals surface area (Å²) >= 11 is 3.47. The molecule has 3 rings (SSSR count). The van der Waals surface area contributed by atoms with Crippen LogP contribution in [0.15, 0.2) is 15.9 Å². The molecule has 2 fully saturated rings. The van der Waals surface area contributed by atoms with E-state index in [1.807, 2.05) is 11.6 Å². The van der Waals surface area contributed by atoms with Gasteiger partial charge in [0.1, 0.15) is 9.88 Å². The van der Waals surface area contributed by atoms with Gasteiger partial charge in [0.2, 0.25) is 5.91 Å². The van der Waals surface area contributed by atoms with E-state index < -0.39 is 5.54 Å². The quantitative estimate of drug-likeness (QED) is 0.759. The highest BCUT2D eigenvalue weighted by Gasteiger charge is 2.49. The van der Waals surface area contributed by atoms with Gasteiger partial charge in [-0.15, -0.1) is 11.3 Å². The zero-order chi connectivity index (χ0) is 14.0. The number of hydrogen-bond acceptors (Lipinski definition) is 5. The summed E-state index contributed by atoms with van der Waals surface area (Å²) in [6.45, 7) is 0. The van der Waals surface area contributed by atoms with Crippen molar-refractivity contribution in [3.63, 3.8) is 0 Å². The fraction of sp³-hybridized carbons (Fsp3) is 0.714. The normalized spacial score (nSPS) is 29.7. The molecule has 0 aromatic carbocycles. The van der Waals surface area contributed by atoms with Crippen LogP contribution in [0.5, 0.6) is 0 Å². The first kappa shape index (κ1) is 14.4. The molecule has 0 aliphatic heterocycles. The van der Waals surface area contributed by atoms with Gasteiger partial charge in [-0.3, -0.25) is 4.79 Å². The van der Waals surface area contributed by atoms with Crippen LogP contribution >= 0.6 is 23.1 Å². The van der Waals surface area contributed by atoms with Gasteiger partial charge in [0.05, 0.1) is 0 Å². The highest BCUT2D eigenvalue weighted by Crippen LogP contribution is 2.41. The Morgan fingerprint density at radius 3 is 3.05 bits per heavy atom. The van der Waals surface area contributed by atoms with Gasteiger partial charge in [0.15, 0.2) is 0 Å². The Labute approximate surface area is 127 Å². The number of primary amides is 1. The predicted octanol–water partition coefficient (Wildman–Crippen LogP) is 2.40. The lowest BCUT2D eigenvalue weighted by Crippen LogP contribution is -2.58. The van der Waals surface area contributed by atoms with Gasteiger partial charge in [0.25, 0.3) is 0 Å². The highest BCUT2D eigenvalue weighted by molar-refractivity contribution is 8.00. The van der Waals surface area contributed by atoms with Gasteiger partial charge >= 0.3 is 0 Å². The molecule has 3 N–H and O–H groups in total.